The zero-order valence-electron chi connectivity index (χ0n) is 14.3. The van der Waals surface area contributed by atoms with Crippen LogP contribution >= 0.6 is 11.8 Å². The van der Waals surface area contributed by atoms with E-state index in [1.165, 1.54) is 42.5 Å². The number of carbonyl (C=O) groups is 3. The average Bonchev–Trinajstić information content (AvgIpc) is 2.68. The van der Waals surface area contributed by atoms with E-state index < -0.39 is 22.6 Å². The van der Waals surface area contributed by atoms with Crippen molar-refractivity contribution in [2.75, 3.05) is 16.8 Å². The molecule has 0 radical (unpaired) electrons. The highest BCUT2D eigenvalue weighted by molar-refractivity contribution is 8.00. The predicted octanol–water partition coefficient (Wildman–Crippen LogP) is 1.87. The maximum atomic E-state index is 12.8. The van der Waals surface area contributed by atoms with Crippen LogP contribution in [0.3, 0.4) is 0 Å². The molecule has 0 bridgehead atoms. The zero-order valence-corrected chi connectivity index (χ0v) is 15.1. The standard InChI is InChI=1S/C17H15FN4O5S/c18-12-4-6-13(7-5-12)19-15(23)9-28-10-16(24)20-21-17(25)11-2-1-3-14(8-11)22(26)27/h1-8H,9-10H2,(H,19,23)(H,20,24)(H,21,25). The zero-order chi connectivity index (χ0) is 20.5. The van der Waals surface area contributed by atoms with E-state index in [0.29, 0.717) is 5.69 Å². The number of carbonyl (C=O) groups excluding carboxylic acids is 3. The van der Waals surface area contributed by atoms with Gasteiger partial charge in [-0.3, -0.25) is 35.3 Å². The van der Waals surface area contributed by atoms with Gasteiger partial charge in [0.25, 0.3) is 11.6 Å². The monoisotopic (exact) mass is 406 g/mol. The van der Waals surface area contributed by atoms with Crippen molar-refractivity contribution in [1.29, 1.82) is 0 Å². The van der Waals surface area contributed by atoms with E-state index in [1.54, 1.807) is 0 Å². The molecule has 11 heteroatoms. The summed E-state index contributed by atoms with van der Waals surface area (Å²) in [5.74, 6) is -2.19. The maximum absolute atomic E-state index is 12.8. The topological polar surface area (TPSA) is 130 Å². The fourth-order valence-electron chi connectivity index (χ4n) is 1.96. The van der Waals surface area contributed by atoms with Crippen LogP contribution < -0.4 is 16.2 Å². The number of non-ortho nitro benzene ring substituents is 1. The van der Waals surface area contributed by atoms with Gasteiger partial charge in [-0.25, -0.2) is 4.39 Å². The van der Waals surface area contributed by atoms with Gasteiger partial charge in [0.2, 0.25) is 11.8 Å². The summed E-state index contributed by atoms with van der Waals surface area (Å²) in [7, 11) is 0. The molecule has 146 valence electrons. The first-order chi connectivity index (χ1) is 13.3. The molecule has 0 saturated heterocycles. The molecule has 3 N–H and O–H groups in total. The molecule has 0 aliphatic carbocycles. The molecule has 0 saturated carbocycles. The van der Waals surface area contributed by atoms with Gasteiger partial charge in [-0.05, 0) is 30.3 Å². The SMILES string of the molecule is O=C(CSCC(=O)Nc1ccc(F)cc1)NNC(=O)c1cccc([N+](=O)[O-])c1. The van der Waals surface area contributed by atoms with Crippen LogP contribution in [0.4, 0.5) is 15.8 Å². The quantitative estimate of drug-likeness (QED) is 0.475. The lowest BCUT2D eigenvalue weighted by molar-refractivity contribution is -0.384. The number of hydrogen-bond acceptors (Lipinski definition) is 6. The van der Waals surface area contributed by atoms with Gasteiger partial charge >= 0.3 is 0 Å². The molecule has 9 nitrogen and oxygen atoms in total. The highest BCUT2D eigenvalue weighted by atomic mass is 32.2. The molecule has 3 amide bonds. The van der Waals surface area contributed by atoms with Crippen LogP contribution in [0, 0.1) is 15.9 Å². The van der Waals surface area contributed by atoms with Crippen molar-refractivity contribution in [3.8, 4) is 0 Å². The summed E-state index contributed by atoms with van der Waals surface area (Å²) in [5, 5.41) is 13.2. The normalized spacial score (nSPS) is 10.0. The smallest absolute Gasteiger partial charge is 0.270 e. The lowest BCUT2D eigenvalue weighted by atomic mass is 10.2. The minimum atomic E-state index is -0.712. The summed E-state index contributed by atoms with van der Waals surface area (Å²) in [6.45, 7) is 0. The molecule has 0 aromatic heterocycles. The largest absolute Gasteiger partial charge is 0.325 e. The van der Waals surface area contributed by atoms with Crippen molar-refractivity contribution in [3.05, 3.63) is 70.0 Å². The second-order valence-corrected chi connectivity index (χ2v) is 6.34. The lowest BCUT2D eigenvalue weighted by Crippen LogP contribution is -2.42. The molecular formula is C17H15FN4O5S. The van der Waals surface area contributed by atoms with Gasteiger partial charge in [-0.1, -0.05) is 6.07 Å². The molecule has 0 heterocycles. The van der Waals surface area contributed by atoms with Crippen molar-refractivity contribution in [3.63, 3.8) is 0 Å². The third-order valence-corrected chi connectivity index (χ3v) is 4.16. The number of nitrogens with one attached hydrogen (secondary N) is 3. The number of nitrogens with zero attached hydrogens (tertiary/aromatic N) is 1. The summed E-state index contributed by atoms with van der Waals surface area (Å²) >= 11 is 1.01. The Hall–Kier alpha value is -3.47. The van der Waals surface area contributed by atoms with Gasteiger partial charge in [0.1, 0.15) is 5.82 Å². The Kier molecular flexibility index (Phi) is 7.45. The number of rotatable bonds is 7. The van der Waals surface area contributed by atoms with Gasteiger partial charge < -0.3 is 5.32 Å². The lowest BCUT2D eigenvalue weighted by Gasteiger charge is -2.08. The summed E-state index contributed by atoms with van der Waals surface area (Å²) in [6.07, 6.45) is 0. The van der Waals surface area contributed by atoms with Crippen molar-refractivity contribution in [2.24, 2.45) is 0 Å². The Morgan fingerprint density at radius 3 is 2.36 bits per heavy atom. The van der Waals surface area contributed by atoms with Crippen molar-refractivity contribution in [2.45, 2.75) is 0 Å². The number of nitro groups is 1. The predicted molar refractivity (Wildman–Crippen MR) is 101 cm³/mol. The summed E-state index contributed by atoms with van der Waals surface area (Å²) in [4.78, 5) is 45.4. The number of nitro benzene ring substituents is 1. The first kappa shape index (κ1) is 20.8. The van der Waals surface area contributed by atoms with E-state index in [9.17, 15) is 28.9 Å². The highest BCUT2D eigenvalue weighted by Crippen LogP contribution is 2.13. The van der Waals surface area contributed by atoms with E-state index in [0.717, 1.165) is 17.8 Å². The molecule has 2 aromatic carbocycles. The number of anilines is 1. The maximum Gasteiger partial charge on any atom is 0.270 e. The van der Waals surface area contributed by atoms with E-state index in [4.69, 9.17) is 0 Å². The first-order valence-corrected chi connectivity index (χ1v) is 8.97. The number of benzene rings is 2. The molecule has 0 atom stereocenters. The van der Waals surface area contributed by atoms with Crippen LogP contribution in [-0.2, 0) is 9.59 Å². The number of amides is 3. The molecule has 0 fully saturated rings. The fourth-order valence-corrected chi connectivity index (χ4v) is 2.58. The molecular weight excluding hydrogens is 391 g/mol. The molecule has 0 spiro atoms. The molecule has 2 rings (SSSR count). The van der Waals surface area contributed by atoms with Crippen LogP contribution in [0.5, 0.6) is 0 Å². The van der Waals surface area contributed by atoms with Crippen LogP contribution in [-0.4, -0.2) is 34.2 Å². The van der Waals surface area contributed by atoms with Crippen molar-refractivity contribution in [1.82, 2.24) is 10.9 Å². The van der Waals surface area contributed by atoms with Crippen LogP contribution in [0.25, 0.3) is 0 Å². The van der Waals surface area contributed by atoms with Gasteiger partial charge in [-0.2, -0.15) is 0 Å². The number of hydrogen-bond donors (Lipinski definition) is 3. The Morgan fingerprint density at radius 2 is 1.68 bits per heavy atom. The third kappa shape index (κ3) is 6.68. The van der Waals surface area contributed by atoms with Gasteiger partial charge in [-0.15, -0.1) is 11.8 Å². The van der Waals surface area contributed by atoms with E-state index in [2.05, 4.69) is 16.2 Å². The van der Waals surface area contributed by atoms with Crippen LogP contribution in [0.15, 0.2) is 48.5 Å². The van der Waals surface area contributed by atoms with Crippen LogP contribution in [0.1, 0.15) is 10.4 Å². The minimum Gasteiger partial charge on any atom is -0.325 e. The fraction of sp³-hybridized carbons (Fsp3) is 0.118. The average molecular weight is 406 g/mol. The summed E-state index contributed by atoms with van der Waals surface area (Å²) in [6, 6.07) is 10.3. The number of thioether (sulfide) groups is 1. The van der Waals surface area contributed by atoms with E-state index >= 15 is 0 Å². The Labute approximate surface area is 162 Å². The molecule has 0 aliphatic rings. The molecule has 0 aliphatic heterocycles. The second-order valence-electron chi connectivity index (χ2n) is 5.36. The van der Waals surface area contributed by atoms with E-state index in [-0.39, 0.29) is 28.7 Å². The van der Waals surface area contributed by atoms with Gasteiger partial charge in [0, 0.05) is 23.4 Å². The Morgan fingerprint density at radius 1 is 1.00 bits per heavy atom. The summed E-state index contributed by atoms with van der Waals surface area (Å²) in [5.41, 5.74) is 4.49. The molecule has 28 heavy (non-hydrogen) atoms. The summed E-state index contributed by atoms with van der Waals surface area (Å²) < 4.78 is 12.8. The van der Waals surface area contributed by atoms with E-state index in [1.807, 2.05) is 0 Å². The van der Waals surface area contributed by atoms with Gasteiger partial charge in [0.15, 0.2) is 0 Å². The number of halogens is 1. The Balaban J connectivity index is 1.70. The van der Waals surface area contributed by atoms with Crippen LogP contribution in [0.2, 0.25) is 0 Å². The molecule has 2 aromatic rings. The van der Waals surface area contributed by atoms with Crippen molar-refractivity contribution >= 4 is 40.9 Å². The minimum absolute atomic E-state index is 0.0147. The first-order valence-electron chi connectivity index (χ1n) is 7.82. The van der Waals surface area contributed by atoms with Gasteiger partial charge in [0.05, 0.1) is 16.4 Å². The highest BCUT2D eigenvalue weighted by Gasteiger charge is 2.12. The third-order valence-electron chi connectivity index (χ3n) is 3.23. The number of hydrazine groups is 1. The Bertz CT molecular complexity index is 891. The van der Waals surface area contributed by atoms with Crippen molar-refractivity contribution < 1.29 is 23.7 Å². The molecule has 0 unspecified atom stereocenters. The second kappa shape index (κ2) is 10.0.